The van der Waals surface area contributed by atoms with Gasteiger partial charge < -0.3 is 15.3 Å². The van der Waals surface area contributed by atoms with Crippen LogP contribution in [0.25, 0.3) is 0 Å². The number of benzene rings is 1. The number of amides is 2. The number of nitrogens with one attached hydrogen (secondary N) is 1. The van der Waals surface area contributed by atoms with E-state index in [-0.39, 0.29) is 16.7 Å². The first-order chi connectivity index (χ1) is 9.41. The first-order valence-electron chi connectivity index (χ1n) is 5.86. The molecule has 0 saturated carbocycles. The second-order valence-corrected chi connectivity index (χ2v) is 5.18. The van der Waals surface area contributed by atoms with E-state index in [1.165, 1.54) is 12.1 Å². The van der Waals surface area contributed by atoms with Gasteiger partial charge >= 0.3 is 6.09 Å². The van der Waals surface area contributed by atoms with Crippen molar-refractivity contribution in [3.63, 3.8) is 0 Å². The quantitative estimate of drug-likeness (QED) is 0.806. The van der Waals surface area contributed by atoms with Crippen molar-refractivity contribution in [1.29, 1.82) is 0 Å². The number of hydrogen-bond donors (Lipinski definition) is 2. The lowest BCUT2D eigenvalue weighted by molar-refractivity contribution is -0.121. The molecule has 0 aliphatic carbocycles. The molecule has 1 aliphatic heterocycles. The molecule has 1 aromatic carbocycles. The van der Waals surface area contributed by atoms with E-state index in [0.717, 1.165) is 4.90 Å². The summed E-state index contributed by atoms with van der Waals surface area (Å²) >= 11 is 2.86. The highest BCUT2D eigenvalue weighted by Crippen LogP contribution is 2.29. The van der Waals surface area contributed by atoms with Gasteiger partial charge in [-0.3, -0.25) is 4.79 Å². The van der Waals surface area contributed by atoms with Gasteiger partial charge in [0.25, 0.3) is 0 Å². The topological polar surface area (TPSA) is 69.6 Å². The van der Waals surface area contributed by atoms with E-state index in [2.05, 4.69) is 21.2 Å². The van der Waals surface area contributed by atoms with Crippen LogP contribution in [-0.2, 0) is 4.79 Å². The molecular weight excluding hydrogens is 338 g/mol. The van der Waals surface area contributed by atoms with Gasteiger partial charge in [-0.2, -0.15) is 0 Å². The second-order valence-electron chi connectivity index (χ2n) is 4.33. The van der Waals surface area contributed by atoms with Crippen molar-refractivity contribution >= 4 is 33.6 Å². The van der Waals surface area contributed by atoms with Crippen molar-refractivity contribution in [3.05, 3.63) is 28.2 Å². The molecule has 1 saturated heterocycles. The van der Waals surface area contributed by atoms with Crippen LogP contribution in [0.2, 0.25) is 0 Å². The van der Waals surface area contributed by atoms with Crippen LogP contribution < -0.4 is 10.2 Å². The van der Waals surface area contributed by atoms with Gasteiger partial charge in [0.1, 0.15) is 6.04 Å². The maximum atomic E-state index is 13.9. The third kappa shape index (κ3) is 2.74. The van der Waals surface area contributed by atoms with E-state index in [9.17, 15) is 18.4 Å². The molecule has 0 spiro atoms. The fraction of sp³-hybridized carbons (Fsp3) is 0.333. The fourth-order valence-corrected chi connectivity index (χ4v) is 2.43. The Morgan fingerprint density at radius 2 is 2.10 bits per heavy atom. The zero-order valence-electron chi connectivity index (χ0n) is 10.2. The molecular formula is C12H11BrF2N2O3. The van der Waals surface area contributed by atoms with Crippen LogP contribution in [0.5, 0.6) is 0 Å². The Hall–Kier alpha value is -1.70. The standard InChI is InChI=1S/C12H11BrF2N2O3/c13-6-3-4-8(10(15)9(6)14)17-5-1-2-7(11(17)18)16-12(19)20/h3-4,7,16H,1-2,5H2,(H,19,20). The van der Waals surface area contributed by atoms with Crippen molar-refractivity contribution < 1.29 is 23.5 Å². The lowest BCUT2D eigenvalue weighted by atomic mass is 10.0. The second kappa shape index (κ2) is 5.74. The first-order valence-corrected chi connectivity index (χ1v) is 6.65. The van der Waals surface area contributed by atoms with Gasteiger partial charge in [-0.05, 0) is 40.9 Å². The van der Waals surface area contributed by atoms with Gasteiger partial charge in [0.15, 0.2) is 11.6 Å². The molecule has 0 radical (unpaired) electrons. The summed E-state index contributed by atoms with van der Waals surface area (Å²) in [5.41, 5.74) is -0.187. The van der Waals surface area contributed by atoms with Crippen molar-refractivity contribution in [2.75, 3.05) is 11.4 Å². The maximum absolute atomic E-state index is 13.9. The summed E-state index contributed by atoms with van der Waals surface area (Å²) < 4.78 is 27.3. The Morgan fingerprint density at radius 3 is 2.75 bits per heavy atom. The summed E-state index contributed by atoms with van der Waals surface area (Å²) in [6.45, 7) is 0.217. The minimum Gasteiger partial charge on any atom is -0.465 e. The summed E-state index contributed by atoms with van der Waals surface area (Å²) in [5.74, 6) is -2.80. The Balaban J connectivity index is 2.30. The molecule has 20 heavy (non-hydrogen) atoms. The molecule has 1 atom stereocenters. The number of carbonyl (C=O) groups excluding carboxylic acids is 1. The van der Waals surface area contributed by atoms with Gasteiger partial charge in [-0.15, -0.1) is 0 Å². The minimum absolute atomic E-state index is 0.0385. The normalized spacial score (nSPS) is 19.1. The third-order valence-electron chi connectivity index (χ3n) is 3.04. The minimum atomic E-state index is -1.33. The first kappa shape index (κ1) is 14.7. The Labute approximate surface area is 121 Å². The summed E-state index contributed by atoms with van der Waals surface area (Å²) in [4.78, 5) is 23.8. The van der Waals surface area contributed by atoms with Crippen LogP contribution in [0, 0.1) is 11.6 Å². The average Bonchev–Trinajstić information content (AvgIpc) is 2.39. The predicted octanol–water partition coefficient (Wildman–Crippen LogP) is 2.49. The molecule has 8 heteroatoms. The fourth-order valence-electron chi connectivity index (χ4n) is 2.12. The summed E-state index contributed by atoms with van der Waals surface area (Å²) in [6.07, 6.45) is -0.497. The SMILES string of the molecule is O=C(O)NC1CCCN(c2ccc(Br)c(F)c2F)C1=O. The van der Waals surface area contributed by atoms with Crippen LogP contribution in [0.4, 0.5) is 19.3 Å². The highest BCUT2D eigenvalue weighted by molar-refractivity contribution is 9.10. The van der Waals surface area contributed by atoms with E-state index >= 15 is 0 Å². The van der Waals surface area contributed by atoms with E-state index in [1.807, 2.05) is 0 Å². The Morgan fingerprint density at radius 1 is 1.40 bits per heavy atom. The van der Waals surface area contributed by atoms with Gasteiger partial charge in [-0.25, -0.2) is 13.6 Å². The molecule has 1 aromatic rings. The molecule has 1 unspecified atom stereocenters. The monoisotopic (exact) mass is 348 g/mol. The van der Waals surface area contributed by atoms with E-state index in [1.54, 1.807) is 0 Å². The van der Waals surface area contributed by atoms with Gasteiger partial charge in [0, 0.05) is 6.54 Å². The number of piperidine rings is 1. The molecule has 1 heterocycles. The predicted molar refractivity (Wildman–Crippen MR) is 70.6 cm³/mol. The molecule has 2 N–H and O–H groups in total. The lowest BCUT2D eigenvalue weighted by Crippen LogP contribution is -2.52. The number of carboxylic acid groups (broad SMARTS) is 1. The van der Waals surface area contributed by atoms with Gasteiger partial charge in [0.2, 0.25) is 5.91 Å². The number of hydrogen-bond acceptors (Lipinski definition) is 2. The summed E-state index contributed by atoms with van der Waals surface area (Å²) in [7, 11) is 0. The zero-order valence-corrected chi connectivity index (χ0v) is 11.8. The molecule has 2 rings (SSSR count). The van der Waals surface area contributed by atoms with Crippen LogP contribution in [0.3, 0.4) is 0 Å². The zero-order chi connectivity index (χ0) is 14.9. The molecule has 108 valence electrons. The van der Waals surface area contributed by atoms with Gasteiger partial charge in [0.05, 0.1) is 10.2 Å². The average molecular weight is 349 g/mol. The smallest absolute Gasteiger partial charge is 0.405 e. The van der Waals surface area contributed by atoms with Crippen molar-refractivity contribution in [2.24, 2.45) is 0 Å². The molecule has 1 aliphatic rings. The molecule has 1 fully saturated rings. The number of nitrogens with zero attached hydrogens (tertiary/aromatic N) is 1. The number of carbonyl (C=O) groups is 2. The molecule has 5 nitrogen and oxygen atoms in total. The number of halogens is 3. The largest absolute Gasteiger partial charge is 0.465 e. The maximum Gasteiger partial charge on any atom is 0.405 e. The Kier molecular flexibility index (Phi) is 4.22. The van der Waals surface area contributed by atoms with Gasteiger partial charge in [-0.1, -0.05) is 0 Å². The van der Waals surface area contributed by atoms with E-state index in [4.69, 9.17) is 5.11 Å². The van der Waals surface area contributed by atoms with Crippen LogP contribution in [0.15, 0.2) is 16.6 Å². The van der Waals surface area contributed by atoms with Crippen molar-refractivity contribution in [2.45, 2.75) is 18.9 Å². The van der Waals surface area contributed by atoms with Crippen molar-refractivity contribution in [1.82, 2.24) is 5.32 Å². The highest BCUT2D eigenvalue weighted by Gasteiger charge is 2.32. The molecule has 0 aromatic heterocycles. The third-order valence-corrected chi connectivity index (χ3v) is 3.65. The lowest BCUT2D eigenvalue weighted by Gasteiger charge is -2.32. The summed E-state index contributed by atoms with van der Waals surface area (Å²) in [6, 6.07) is 1.64. The van der Waals surface area contributed by atoms with Crippen LogP contribution in [0.1, 0.15) is 12.8 Å². The molecule has 0 bridgehead atoms. The van der Waals surface area contributed by atoms with E-state index < -0.39 is 29.7 Å². The van der Waals surface area contributed by atoms with E-state index in [0.29, 0.717) is 12.8 Å². The Bertz CT molecular complexity index is 568. The van der Waals surface area contributed by atoms with Crippen molar-refractivity contribution in [3.8, 4) is 0 Å². The number of anilines is 1. The summed E-state index contributed by atoms with van der Waals surface area (Å²) in [5, 5.41) is 10.7. The van der Waals surface area contributed by atoms with Crippen LogP contribution in [-0.4, -0.2) is 29.7 Å². The van der Waals surface area contributed by atoms with Crippen LogP contribution >= 0.6 is 15.9 Å². The number of rotatable bonds is 2. The highest BCUT2D eigenvalue weighted by atomic mass is 79.9. The molecule has 2 amide bonds.